The van der Waals surface area contributed by atoms with Crippen molar-refractivity contribution in [3.8, 4) is 11.5 Å². The van der Waals surface area contributed by atoms with Gasteiger partial charge in [0.1, 0.15) is 5.76 Å². The first-order valence-corrected chi connectivity index (χ1v) is 10.7. The van der Waals surface area contributed by atoms with Crippen molar-refractivity contribution in [1.29, 1.82) is 0 Å². The summed E-state index contributed by atoms with van der Waals surface area (Å²) in [6.45, 7) is 7.77. The molecule has 0 saturated heterocycles. The molecule has 0 radical (unpaired) electrons. The highest BCUT2D eigenvalue weighted by Gasteiger charge is 2.19. The van der Waals surface area contributed by atoms with Gasteiger partial charge in [-0.05, 0) is 57.9 Å². The third kappa shape index (κ3) is 5.45. The number of carbonyl (C=O) groups excluding carboxylic acids is 2. The zero-order valence-corrected chi connectivity index (χ0v) is 20.0. The lowest BCUT2D eigenvalue weighted by molar-refractivity contribution is -0.141. The number of Topliss-reactive ketones (excluding diaryl/α,β-unsaturated/α-hetero) is 1. The number of methoxy groups -OCH3 is 2. The SMILES string of the molecule is COc1ccc(CCn2c(C)cc(C(=O)COC(=O)Cc3c(C)noc3C)c2C)cc1OC. The normalized spacial score (nSPS) is 10.8. The van der Waals surface area contributed by atoms with Crippen LogP contribution in [0.1, 0.15) is 44.3 Å². The van der Waals surface area contributed by atoms with Gasteiger partial charge in [0.05, 0.1) is 26.3 Å². The lowest BCUT2D eigenvalue weighted by Gasteiger charge is -2.12. The van der Waals surface area contributed by atoms with Crippen LogP contribution in [-0.2, 0) is 28.9 Å². The second-order valence-electron chi connectivity index (χ2n) is 7.94. The lowest BCUT2D eigenvalue weighted by atomic mass is 10.1. The molecule has 0 bridgehead atoms. The molecule has 0 aliphatic rings. The average Bonchev–Trinajstić information content (AvgIpc) is 3.27. The van der Waals surface area contributed by atoms with Crippen LogP contribution in [0.3, 0.4) is 0 Å². The van der Waals surface area contributed by atoms with E-state index in [1.165, 1.54) is 0 Å². The molecule has 0 spiro atoms. The number of rotatable bonds is 10. The van der Waals surface area contributed by atoms with Crippen LogP contribution in [0.4, 0.5) is 0 Å². The predicted octanol–water partition coefficient (Wildman–Crippen LogP) is 3.94. The number of hydrogen-bond donors (Lipinski definition) is 0. The van der Waals surface area contributed by atoms with Crippen LogP contribution in [0.25, 0.3) is 0 Å². The fourth-order valence-electron chi connectivity index (χ4n) is 3.88. The summed E-state index contributed by atoms with van der Waals surface area (Å²) >= 11 is 0. The Hall–Kier alpha value is -3.55. The molecule has 0 N–H and O–H groups in total. The first kappa shape index (κ1) is 24.1. The van der Waals surface area contributed by atoms with Gasteiger partial charge in [-0.3, -0.25) is 9.59 Å². The second-order valence-corrected chi connectivity index (χ2v) is 7.94. The van der Waals surface area contributed by atoms with Crippen molar-refractivity contribution in [2.75, 3.05) is 20.8 Å². The molecule has 3 aromatic rings. The number of aryl methyl sites for hydroxylation is 4. The van der Waals surface area contributed by atoms with Gasteiger partial charge >= 0.3 is 5.97 Å². The number of hydrogen-bond acceptors (Lipinski definition) is 7. The summed E-state index contributed by atoms with van der Waals surface area (Å²) in [5, 5.41) is 3.83. The summed E-state index contributed by atoms with van der Waals surface area (Å²) in [4.78, 5) is 24.9. The van der Waals surface area contributed by atoms with E-state index in [0.29, 0.717) is 40.6 Å². The molecule has 1 aromatic carbocycles. The van der Waals surface area contributed by atoms with Crippen molar-refractivity contribution in [2.45, 2.75) is 47.1 Å². The van der Waals surface area contributed by atoms with Gasteiger partial charge < -0.3 is 23.3 Å². The monoisotopic (exact) mass is 454 g/mol. The number of nitrogens with zero attached hydrogens (tertiary/aromatic N) is 2. The van der Waals surface area contributed by atoms with E-state index in [0.717, 1.165) is 23.4 Å². The molecule has 3 rings (SSSR count). The Bertz CT molecular complexity index is 1140. The van der Waals surface area contributed by atoms with Crippen LogP contribution in [0.15, 0.2) is 28.8 Å². The van der Waals surface area contributed by atoms with Gasteiger partial charge in [0.25, 0.3) is 0 Å². The van der Waals surface area contributed by atoms with Gasteiger partial charge in [-0.15, -0.1) is 0 Å². The Balaban J connectivity index is 1.62. The molecule has 33 heavy (non-hydrogen) atoms. The summed E-state index contributed by atoms with van der Waals surface area (Å²) in [5.74, 6) is 1.23. The molecule has 0 saturated carbocycles. The third-order valence-corrected chi connectivity index (χ3v) is 5.81. The number of aromatic nitrogens is 2. The van der Waals surface area contributed by atoms with E-state index in [9.17, 15) is 9.59 Å². The van der Waals surface area contributed by atoms with Crippen LogP contribution in [0.5, 0.6) is 11.5 Å². The minimum Gasteiger partial charge on any atom is -0.493 e. The largest absolute Gasteiger partial charge is 0.493 e. The molecular formula is C25H30N2O6. The lowest BCUT2D eigenvalue weighted by Crippen LogP contribution is -2.17. The molecule has 0 aliphatic heterocycles. The van der Waals surface area contributed by atoms with Crippen LogP contribution in [-0.4, -0.2) is 42.3 Å². The van der Waals surface area contributed by atoms with E-state index in [1.54, 1.807) is 28.1 Å². The minimum absolute atomic E-state index is 0.0266. The molecule has 2 heterocycles. The second kappa shape index (κ2) is 10.4. The van der Waals surface area contributed by atoms with E-state index >= 15 is 0 Å². The Labute approximate surface area is 193 Å². The Morgan fingerprint density at radius 3 is 2.39 bits per heavy atom. The molecular weight excluding hydrogens is 424 g/mol. The summed E-state index contributed by atoms with van der Waals surface area (Å²) in [5.41, 5.74) is 4.82. The Morgan fingerprint density at radius 1 is 1.03 bits per heavy atom. The number of ketones is 1. The smallest absolute Gasteiger partial charge is 0.310 e. The van der Waals surface area contributed by atoms with Crippen LogP contribution in [0, 0.1) is 27.7 Å². The highest BCUT2D eigenvalue weighted by molar-refractivity contribution is 5.99. The zero-order valence-electron chi connectivity index (χ0n) is 20.0. The van der Waals surface area contributed by atoms with Gasteiger partial charge in [-0.25, -0.2) is 0 Å². The van der Waals surface area contributed by atoms with Crippen LogP contribution >= 0.6 is 0 Å². The van der Waals surface area contributed by atoms with Crippen molar-refractivity contribution in [2.24, 2.45) is 0 Å². The third-order valence-electron chi connectivity index (χ3n) is 5.81. The highest BCUT2D eigenvalue weighted by atomic mass is 16.5. The number of benzene rings is 1. The summed E-state index contributed by atoms with van der Waals surface area (Å²) in [7, 11) is 3.22. The molecule has 0 aliphatic carbocycles. The van der Waals surface area contributed by atoms with E-state index < -0.39 is 5.97 Å². The highest BCUT2D eigenvalue weighted by Crippen LogP contribution is 2.28. The van der Waals surface area contributed by atoms with E-state index in [4.69, 9.17) is 18.7 Å². The first-order valence-electron chi connectivity index (χ1n) is 10.7. The Kier molecular flexibility index (Phi) is 7.58. The maximum atomic E-state index is 12.7. The molecule has 0 fully saturated rings. The zero-order chi connectivity index (χ0) is 24.1. The molecule has 0 amide bonds. The summed E-state index contributed by atoms with van der Waals surface area (Å²) in [6, 6.07) is 7.68. The van der Waals surface area contributed by atoms with Crippen molar-refractivity contribution >= 4 is 11.8 Å². The van der Waals surface area contributed by atoms with Crippen molar-refractivity contribution in [3.05, 3.63) is 63.8 Å². The molecule has 8 nitrogen and oxygen atoms in total. The number of ether oxygens (including phenoxy) is 3. The van der Waals surface area contributed by atoms with Crippen molar-refractivity contribution < 1.29 is 28.3 Å². The van der Waals surface area contributed by atoms with Gasteiger partial charge in [-0.2, -0.15) is 0 Å². The predicted molar refractivity (Wildman–Crippen MR) is 122 cm³/mol. The van der Waals surface area contributed by atoms with E-state index in [2.05, 4.69) is 9.72 Å². The topological polar surface area (TPSA) is 92.8 Å². The number of esters is 1. The summed E-state index contributed by atoms with van der Waals surface area (Å²) in [6.07, 6.45) is 0.787. The maximum absolute atomic E-state index is 12.7. The van der Waals surface area contributed by atoms with Crippen LogP contribution < -0.4 is 9.47 Å². The standard InChI is InChI=1S/C25H30N2O6/c1-15-11-21(22(28)14-32-25(29)13-20-16(2)26-33-18(20)4)17(3)27(15)10-9-19-7-8-23(30-5)24(12-19)31-6/h7-8,11-12H,9-10,13-14H2,1-6H3. The number of carbonyl (C=O) groups is 2. The maximum Gasteiger partial charge on any atom is 0.310 e. The van der Waals surface area contributed by atoms with E-state index in [1.807, 2.05) is 38.1 Å². The van der Waals surface area contributed by atoms with Gasteiger partial charge in [0, 0.05) is 29.1 Å². The fourth-order valence-corrected chi connectivity index (χ4v) is 3.88. The quantitative estimate of drug-likeness (QED) is 0.338. The summed E-state index contributed by atoms with van der Waals surface area (Å²) < 4.78 is 23.1. The molecule has 0 unspecified atom stereocenters. The van der Waals surface area contributed by atoms with Crippen molar-refractivity contribution in [3.63, 3.8) is 0 Å². The molecule has 2 aromatic heterocycles. The first-order chi connectivity index (χ1) is 15.7. The minimum atomic E-state index is -0.486. The van der Waals surface area contributed by atoms with Crippen molar-refractivity contribution in [1.82, 2.24) is 9.72 Å². The Morgan fingerprint density at radius 2 is 1.76 bits per heavy atom. The fraction of sp³-hybridized carbons (Fsp3) is 0.400. The van der Waals surface area contributed by atoms with Gasteiger partial charge in [0.2, 0.25) is 5.78 Å². The van der Waals surface area contributed by atoms with E-state index in [-0.39, 0.29) is 18.8 Å². The van der Waals surface area contributed by atoms with Gasteiger partial charge in [0.15, 0.2) is 18.1 Å². The van der Waals surface area contributed by atoms with Gasteiger partial charge in [-0.1, -0.05) is 11.2 Å². The average molecular weight is 455 g/mol. The molecule has 8 heteroatoms. The molecule has 0 atom stereocenters. The van der Waals surface area contributed by atoms with Crippen LogP contribution in [0.2, 0.25) is 0 Å². The molecule has 176 valence electrons.